The van der Waals surface area contributed by atoms with E-state index in [1.54, 1.807) is 39.0 Å². The molecule has 9 heteroatoms. The lowest BCUT2D eigenvalue weighted by Gasteiger charge is -2.10. The molecule has 0 aliphatic carbocycles. The van der Waals surface area contributed by atoms with E-state index in [-0.39, 0.29) is 29.5 Å². The summed E-state index contributed by atoms with van der Waals surface area (Å²) < 4.78 is 43.1. The van der Waals surface area contributed by atoms with Crippen LogP contribution in [0.2, 0.25) is 0 Å². The summed E-state index contributed by atoms with van der Waals surface area (Å²) in [5, 5.41) is 0. The van der Waals surface area contributed by atoms with E-state index in [2.05, 4.69) is 9.71 Å². The van der Waals surface area contributed by atoms with Crippen molar-refractivity contribution in [1.82, 2.24) is 9.71 Å². The molecule has 0 fully saturated rings. The highest BCUT2D eigenvalue weighted by Crippen LogP contribution is 2.18. The van der Waals surface area contributed by atoms with E-state index >= 15 is 0 Å². The van der Waals surface area contributed by atoms with Crippen LogP contribution in [0.25, 0.3) is 0 Å². The highest BCUT2D eigenvalue weighted by Gasteiger charge is 2.20. The normalized spacial score (nSPS) is 11.5. The third-order valence-electron chi connectivity index (χ3n) is 4.16. The first-order valence-electron chi connectivity index (χ1n) is 8.49. The number of rotatable bonds is 7. The van der Waals surface area contributed by atoms with Gasteiger partial charge in [0.2, 0.25) is 15.9 Å². The molecule has 0 unspecified atom stereocenters. The van der Waals surface area contributed by atoms with Gasteiger partial charge in [-0.05, 0) is 50.6 Å². The Kier molecular flexibility index (Phi) is 5.66. The van der Waals surface area contributed by atoms with Crippen LogP contribution in [0.5, 0.6) is 0 Å². The van der Waals surface area contributed by atoms with E-state index in [4.69, 9.17) is 13.6 Å². The van der Waals surface area contributed by atoms with E-state index in [0.29, 0.717) is 17.1 Å². The molecule has 0 saturated heterocycles. The Morgan fingerprint density at radius 3 is 2.64 bits per heavy atom. The second kappa shape index (κ2) is 7.99. The smallest absolute Gasteiger partial charge is 0.338 e. The number of ether oxygens (including phenoxy) is 1. The summed E-state index contributed by atoms with van der Waals surface area (Å²) in [6.07, 6.45) is 1.46. The Morgan fingerprint density at radius 2 is 2.00 bits per heavy atom. The molecule has 0 saturated carbocycles. The molecule has 0 bridgehead atoms. The maximum atomic E-state index is 12.5. The van der Waals surface area contributed by atoms with Crippen LogP contribution in [-0.2, 0) is 27.9 Å². The van der Waals surface area contributed by atoms with Gasteiger partial charge in [-0.15, -0.1) is 0 Å². The molecule has 1 N–H and O–H groups in total. The minimum Gasteiger partial charge on any atom is -0.468 e. The lowest BCUT2D eigenvalue weighted by atomic mass is 10.1. The summed E-state index contributed by atoms with van der Waals surface area (Å²) in [5.74, 6) is 0.754. The maximum Gasteiger partial charge on any atom is 0.338 e. The quantitative estimate of drug-likeness (QED) is 0.602. The summed E-state index contributed by atoms with van der Waals surface area (Å²) in [7, 11) is -3.83. The van der Waals surface area contributed by atoms with Crippen molar-refractivity contribution in [3.05, 3.63) is 70.8 Å². The lowest BCUT2D eigenvalue weighted by Crippen LogP contribution is -2.23. The van der Waals surface area contributed by atoms with E-state index in [0.717, 1.165) is 5.69 Å². The van der Waals surface area contributed by atoms with Gasteiger partial charge in [-0.25, -0.2) is 22.9 Å². The lowest BCUT2D eigenvalue weighted by molar-refractivity contribution is 0.0435. The number of benzene rings is 1. The zero-order chi connectivity index (χ0) is 20.3. The van der Waals surface area contributed by atoms with E-state index in [9.17, 15) is 13.2 Å². The second-order valence-electron chi connectivity index (χ2n) is 6.21. The zero-order valence-electron chi connectivity index (χ0n) is 15.7. The van der Waals surface area contributed by atoms with Crippen molar-refractivity contribution >= 4 is 16.0 Å². The molecule has 2 aromatic heterocycles. The van der Waals surface area contributed by atoms with Crippen molar-refractivity contribution in [3.63, 3.8) is 0 Å². The number of carbonyl (C=O) groups excluding carboxylic acids is 1. The highest BCUT2D eigenvalue weighted by atomic mass is 32.2. The molecular weight excluding hydrogens is 384 g/mol. The molecule has 0 radical (unpaired) electrons. The number of sulfonamides is 1. The molecule has 0 spiro atoms. The summed E-state index contributed by atoms with van der Waals surface area (Å²) in [6, 6.07) is 7.59. The van der Waals surface area contributed by atoms with Crippen LogP contribution in [-0.4, -0.2) is 19.4 Å². The van der Waals surface area contributed by atoms with Gasteiger partial charge in [-0.1, -0.05) is 6.07 Å². The van der Waals surface area contributed by atoms with Crippen LogP contribution >= 0.6 is 0 Å². The number of nitrogens with zero attached hydrogens (tertiary/aromatic N) is 1. The molecule has 8 nitrogen and oxygen atoms in total. The Balaban J connectivity index is 1.73. The van der Waals surface area contributed by atoms with Crippen LogP contribution in [0.3, 0.4) is 0 Å². The van der Waals surface area contributed by atoms with Crippen LogP contribution in [0, 0.1) is 20.8 Å². The molecule has 2 heterocycles. The number of hydrogen-bond acceptors (Lipinski definition) is 7. The predicted molar refractivity (Wildman–Crippen MR) is 99.0 cm³/mol. The zero-order valence-corrected chi connectivity index (χ0v) is 16.5. The molecule has 3 aromatic rings. The number of furan rings is 1. The summed E-state index contributed by atoms with van der Waals surface area (Å²) in [5.41, 5.74) is 1.47. The molecule has 1 aromatic carbocycles. The highest BCUT2D eigenvalue weighted by molar-refractivity contribution is 7.89. The average molecular weight is 404 g/mol. The first-order valence-corrected chi connectivity index (χ1v) is 9.97. The summed E-state index contributed by atoms with van der Waals surface area (Å²) in [6.45, 7) is 5.12. The minimum absolute atomic E-state index is 0.00581. The fraction of sp³-hybridized carbons (Fsp3) is 0.263. The van der Waals surface area contributed by atoms with Gasteiger partial charge in [0, 0.05) is 0 Å². The third kappa shape index (κ3) is 4.49. The van der Waals surface area contributed by atoms with Crippen molar-refractivity contribution in [2.24, 2.45) is 0 Å². The number of oxazole rings is 1. The van der Waals surface area contributed by atoms with Gasteiger partial charge in [0.05, 0.1) is 29.0 Å². The van der Waals surface area contributed by atoms with Crippen molar-refractivity contribution in [2.45, 2.75) is 38.8 Å². The van der Waals surface area contributed by atoms with E-state index in [1.165, 1.54) is 18.4 Å². The maximum absolute atomic E-state index is 12.5. The van der Waals surface area contributed by atoms with Crippen molar-refractivity contribution in [2.75, 3.05) is 0 Å². The molecular formula is C19H20N2O6S. The summed E-state index contributed by atoms with van der Waals surface area (Å²) >= 11 is 0. The molecule has 0 amide bonds. The third-order valence-corrected chi connectivity index (χ3v) is 5.55. The number of hydrogen-bond donors (Lipinski definition) is 1. The van der Waals surface area contributed by atoms with Gasteiger partial charge < -0.3 is 13.6 Å². The second-order valence-corrected chi connectivity index (χ2v) is 7.97. The Hall–Kier alpha value is -2.91. The van der Waals surface area contributed by atoms with Gasteiger partial charge in [-0.2, -0.15) is 0 Å². The number of carbonyl (C=O) groups is 1. The van der Waals surface area contributed by atoms with E-state index < -0.39 is 16.0 Å². The van der Waals surface area contributed by atoms with E-state index in [1.807, 2.05) is 0 Å². The Labute approximate surface area is 162 Å². The van der Waals surface area contributed by atoms with Crippen molar-refractivity contribution < 1.29 is 26.8 Å². The SMILES string of the molecule is Cc1ccc(S(=O)(=O)NCc2ccco2)cc1C(=O)OCc1nc(C)c(C)o1. The van der Waals surface area contributed by atoms with Gasteiger partial charge in [0.15, 0.2) is 6.61 Å². The topological polar surface area (TPSA) is 112 Å². The molecule has 0 aliphatic heterocycles. The molecule has 28 heavy (non-hydrogen) atoms. The number of esters is 1. The van der Waals surface area contributed by atoms with Gasteiger partial charge in [0.25, 0.3) is 0 Å². The van der Waals surface area contributed by atoms with Crippen LogP contribution in [0.15, 0.2) is 50.3 Å². The Morgan fingerprint density at radius 1 is 1.21 bits per heavy atom. The minimum atomic E-state index is -3.83. The first kappa shape index (κ1) is 19.8. The van der Waals surface area contributed by atoms with Gasteiger partial charge in [-0.3, -0.25) is 0 Å². The van der Waals surface area contributed by atoms with Crippen molar-refractivity contribution in [3.8, 4) is 0 Å². The van der Waals surface area contributed by atoms with Crippen LogP contribution in [0.4, 0.5) is 0 Å². The molecule has 0 atom stereocenters. The monoisotopic (exact) mass is 404 g/mol. The predicted octanol–water partition coefficient (Wildman–Crippen LogP) is 3.03. The fourth-order valence-electron chi connectivity index (χ4n) is 2.46. The standard InChI is InChI=1S/C19H20N2O6S/c1-12-6-7-16(28(23,24)20-10-15-5-4-8-25-15)9-17(12)19(22)26-11-18-21-13(2)14(3)27-18/h4-9,20H,10-11H2,1-3H3. The number of aromatic nitrogens is 1. The van der Waals surface area contributed by atoms with Gasteiger partial charge in [0.1, 0.15) is 11.5 Å². The number of aryl methyl sites for hydroxylation is 3. The van der Waals surface area contributed by atoms with Crippen LogP contribution < -0.4 is 4.72 Å². The molecule has 0 aliphatic rings. The molecule has 148 valence electrons. The fourth-order valence-corrected chi connectivity index (χ4v) is 3.48. The number of nitrogens with one attached hydrogen (secondary N) is 1. The average Bonchev–Trinajstić information content (AvgIpc) is 3.28. The largest absolute Gasteiger partial charge is 0.468 e. The first-order chi connectivity index (χ1) is 13.3. The Bertz CT molecular complexity index is 1060. The van der Waals surface area contributed by atoms with Crippen molar-refractivity contribution in [1.29, 1.82) is 0 Å². The van der Waals surface area contributed by atoms with Gasteiger partial charge >= 0.3 is 5.97 Å². The summed E-state index contributed by atoms with van der Waals surface area (Å²) in [4.78, 5) is 16.5. The van der Waals surface area contributed by atoms with Crippen LogP contribution in [0.1, 0.15) is 39.0 Å². The molecule has 3 rings (SSSR count).